The number of hydrazone groups is 1. The molecule has 2 N–H and O–H groups in total. The SMILES string of the molecule is CCc1ccccc1NC(=O)C(=O)N/N=C/c1cccc(OC)c1OC. The second-order valence-corrected chi connectivity index (χ2v) is 5.25. The van der Waals surface area contributed by atoms with Crippen LogP contribution >= 0.6 is 0 Å². The number of methoxy groups -OCH3 is 2. The van der Waals surface area contributed by atoms with Crippen LogP contribution in [0.5, 0.6) is 11.5 Å². The Hall–Kier alpha value is -3.35. The Morgan fingerprint density at radius 2 is 1.81 bits per heavy atom. The number of aryl methyl sites for hydroxylation is 1. The number of ether oxygens (including phenoxy) is 2. The summed E-state index contributed by atoms with van der Waals surface area (Å²) in [5.41, 5.74) is 4.35. The van der Waals surface area contributed by atoms with Gasteiger partial charge in [-0.2, -0.15) is 5.10 Å². The Balaban J connectivity index is 2.02. The van der Waals surface area contributed by atoms with E-state index in [1.807, 2.05) is 19.1 Å². The third-order valence-corrected chi connectivity index (χ3v) is 3.66. The molecule has 7 heteroatoms. The smallest absolute Gasteiger partial charge is 0.329 e. The van der Waals surface area contributed by atoms with Gasteiger partial charge in [-0.05, 0) is 30.2 Å². The maximum absolute atomic E-state index is 12.0. The quantitative estimate of drug-likeness (QED) is 0.473. The van der Waals surface area contributed by atoms with Crippen molar-refractivity contribution in [1.29, 1.82) is 0 Å². The molecule has 2 rings (SSSR count). The van der Waals surface area contributed by atoms with E-state index in [1.54, 1.807) is 30.3 Å². The number of hydrogen-bond donors (Lipinski definition) is 2. The summed E-state index contributed by atoms with van der Waals surface area (Å²) in [5.74, 6) is -0.638. The molecule has 26 heavy (non-hydrogen) atoms. The van der Waals surface area contributed by atoms with E-state index in [0.717, 1.165) is 12.0 Å². The van der Waals surface area contributed by atoms with E-state index in [1.165, 1.54) is 20.4 Å². The average Bonchev–Trinajstić information content (AvgIpc) is 2.67. The molecule has 0 aliphatic rings. The molecule has 0 bridgehead atoms. The maximum Gasteiger partial charge on any atom is 0.329 e. The van der Waals surface area contributed by atoms with E-state index >= 15 is 0 Å². The largest absolute Gasteiger partial charge is 0.493 e. The van der Waals surface area contributed by atoms with Crippen molar-refractivity contribution in [3.63, 3.8) is 0 Å². The van der Waals surface area contributed by atoms with Crippen LogP contribution in [0.2, 0.25) is 0 Å². The first kappa shape index (κ1) is 19.0. The van der Waals surface area contributed by atoms with Crippen LogP contribution in [0.4, 0.5) is 5.69 Å². The predicted octanol–water partition coefficient (Wildman–Crippen LogP) is 2.36. The van der Waals surface area contributed by atoms with Crippen LogP contribution in [0.15, 0.2) is 47.6 Å². The Bertz CT molecular complexity index is 818. The standard InChI is InChI=1S/C19H21N3O4/c1-4-13-8-5-6-10-15(13)21-18(23)19(24)22-20-12-14-9-7-11-16(25-2)17(14)26-3/h5-12H,4H2,1-3H3,(H,21,23)(H,22,24)/b20-12+. The lowest BCUT2D eigenvalue weighted by atomic mass is 10.1. The maximum atomic E-state index is 12.0. The first-order valence-electron chi connectivity index (χ1n) is 8.04. The second kappa shape index (κ2) is 9.22. The van der Waals surface area contributed by atoms with Crippen LogP contribution in [0, 0.1) is 0 Å². The van der Waals surface area contributed by atoms with Crippen LogP contribution in [-0.4, -0.2) is 32.2 Å². The van der Waals surface area contributed by atoms with Crippen LogP contribution in [0.3, 0.4) is 0 Å². The minimum Gasteiger partial charge on any atom is -0.493 e. The number of anilines is 1. The summed E-state index contributed by atoms with van der Waals surface area (Å²) in [4.78, 5) is 23.9. The number of carbonyl (C=O) groups is 2. The van der Waals surface area contributed by atoms with Gasteiger partial charge in [-0.1, -0.05) is 31.2 Å². The highest BCUT2D eigenvalue weighted by molar-refractivity contribution is 6.39. The highest BCUT2D eigenvalue weighted by Crippen LogP contribution is 2.29. The number of nitrogens with zero attached hydrogens (tertiary/aromatic N) is 1. The fraction of sp³-hybridized carbons (Fsp3) is 0.211. The molecule has 0 spiro atoms. The van der Waals surface area contributed by atoms with Crippen molar-refractivity contribution in [2.24, 2.45) is 5.10 Å². The highest BCUT2D eigenvalue weighted by Gasteiger charge is 2.14. The molecule has 0 aliphatic heterocycles. The first-order chi connectivity index (χ1) is 12.6. The molecule has 0 unspecified atom stereocenters. The van der Waals surface area contributed by atoms with Gasteiger partial charge in [0.25, 0.3) is 0 Å². The number of carbonyl (C=O) groups excluding carboxylic acids is 2. The third kappa shape index (κ3) is 4.60. The fourth-order valence-corrected chi connectivity index (χ4v) is 2.35. The molecule has 0 heterocycles. The van der Waals surface area contributed by atoms with Gasteiger partial charge in [0.1, 0.15) is 0 Å². The molecule has 2 aromatic carbocycles. The molecule has 0 radical (unpaired) electrons. The van der Waals surface area contributed by atoms with Crippen LogP contribution < -0.4 is 20.2 Å². The summed E-state index contributed by atoms with van der Waals surface area (Å²) in [6.07, 6.45) is 2.12. The van der Waals surface area contributed by atoms with Crippen LogP contribution in [0.1, 0.15) is 18.1 Å². The van der Waals surface area contributed by atoms with Gasteiger partial charge in [-0.15, -0.1) is 0 Å². The monoisotopic (exact) mass is 355 g/mol. The number of benzene rings is 2. The lowest BCUT2D eigenvalue weighted by Crippen LogP contribution is -2.32. The third-order valence-electron chi connectivity index (χ3n) is 3.66. The van der Waals surface area contributed by atoms with Crippen molar-refractivity contribution < 1.29 is 19.1 Å². The zero-order valence-electron chi connectivity index (χ0n) is 14.9. The fourth-order valence-electron chi connectivity index (χ4n) is 2.35. The van der Waals surface area contributed by atoms with E-state index in [9.17, 15) is 9.59 Å². The predicted molar refractivity (Wildman–Crippen MR) is 99.7 cm³/mol. The molecule has 0 atom stereocenters. The number of rotatable bonds is 6. The second-order valence-electron chi connectivity index (χ2n) is 5.25. The first-order valence-corrected chi connectivity index (χ1v) is 8.04. The van der Waals surface area contributed by atoms with Gasteiger partial charge in [-0.3, -0.25) is 9.59 Å². The number of hydrogen-bond acceptors (Lipinski definition) is 5. The van der Waals surface area contributed by atoms with Gasteiger partial charge in [-0.25, -0.2) is 5.43 Å². The van der Waals surface area contributed by atoms with E-state index in [2.05, 4.69) is 15.8 Å². The van der Waals surface area contributed by atoms with Gasteiger partial charge in [0, 0.05) is 11.3 Å². The van der Waals surface area contributed by atoms with E-state index < -0.39 is 11.8 Å². The average molecular weight is 355 g/mol. The molecule has 0 aromatic heterocycles. The van der Waals surface area contributed by atoms with Gasteiger partial charge in [0.05, 0.1) is 20.4 Å². The summed E-state index contributed by atoms with van der Waals surface area (Å²) in [6.45, 7) is 1.97. The lowest BCUT2D eigenvalue weighted by Gasteiger charge is -2.10. The zero-order chi connectivity index (χ0) is 18.9. The Morgan fingerprint density at radius 1 is 1.04 bits per heavy atom. The molecular weight excluding hydrogens is 334 g/mol. The molecule has 0 aliphatic carbocycles. The van der Waals surface area contributed by atoms with Crippen molar-refractivity contribution in [2.45, 2.75) is 13.3 Å². The lowest BCUT2D eigenvalue weighted by molar-refractivity contribution is -0.136. The van der Waals surface area contributed by atoms with Crippen molar-refractivity contribution in [2.75, 3.05) is 19.5 Å². The topological polar surface area (TPSA) is 89.0 Å². The van der Waals surface area contributed by atoms with Crippen molar-refractivity contribution in [3.8, 4) is 11.5 Å². The minimum absolute atomic E-state index is 0.481. The van der Waals surface area contributed by atoms with E-state index in [-0.39, 0.29) is 0 Å². The Labute approximate surface area is 152 Å². The van der Waals surface area contributed by atoms with E-state index in [0.29, 0.717) is 22.7 Å². The molecule has 2 aromatic rings. The number of para-hydroxylation sites is 2. The summed E-state index contributed by atoms with van der Waals surface area (Å²) < 4.78 is 10.5. The summed E-state index contributed by atoms with van der Waals surface area (Å²) in [6, 6.07) is 12.6. The van der Waals surface area contributed by atoms with Gasteiger partial charge < -0.3 is 14.8 Å². The molecule has 0 saturated carbocycles. The minimum atomic E-state index is -0.867. The van der Waals surface area contributed by atoms with E-state index in [4.69, 9.17) is 9.47 Å². The summed E-state index contributed by atoms with van der Waals surface area (Å²) in [5, 5.41) is 6.39. The van der Waals surface area contributed by atoms with Gasteiger partial charge in [0.2, 0.25) is 0 Å². The Morgan fingerprint density at radius 3 is 2.50 bits per heavy atom. The normalized spacial score (nSPS) is 10.4. The van der Waals surface area contributed by atoms with Crippen LogP contribution in [0.25, 0.3) is 0 Å². The molecule has 2 amide bonds. The molecular formula is C19H21N3O4. The molecule has 136 valence electrons. The highest BCUT2D eigenvalue weighted by atomic mass is 16.5. The molecule has 0 fully saturated rings. The number of nitrogens with one attached hydrogen (secondary N) is 2. The zero-order valence-corrected chi connectivity index (χ0v) is 14.9. The Kier molecular flexibility index (Phi) is 6.73. The van der Waals surface area contributed by atoms with Crippen molar-refractivity contribution in [3.05, 3.63) is 53.6 Å². The number of amides is 2. The van der Waals surface area contributed by atoms with Crippen molar-refractivity contribution >= 4 is 23.7 Å². The molecule has 7 nitrogen and oxygen atoms in total. The summed E-state index contributed by atoms with van der Waals surface area (Å²) >= 11 is 0. The van der Waals surface area contributed by atoms with Gasteiger partial charge >= 0.3 is 11.8 Å². The summed E-state index contributed by atoms with van der Waals surface area (Å²) in [7, 11) is 3.03. The van der Waals surface area contributed by atoms with Gasteiger partial charge in [0.15, 0.2) is 11.5 Å². The molecule has 0 saturated heterocycles. The van der Waals surface area contributed by atoms with Crippen LogP contribution in [-0.2, 0) is 16.0 Å². The van der Waals surface area contributed by atoms with Crippen molar-refractivity contribution in [1.82, 2.24) is 5.43 Å².